The summed E-state index contributed by atoms with van der Waals surface area (Å²) in [6, 6.07) is 5.21. The van der Waals surface area contributed by atoms with Crippen LogP contribution < -0.4 is 11.1 Å². The summed E-state index contributed by atoms with van der Waals surface area (Å²) in [5.74, 6) is 0.901. The summed E-state index contributed by atoms with van der Waals surface area (Å²) in [4.78, 5) is 12.8. The highest BCUT2D eigenvalue weighted by molar-refractivity contribution is 6.33. The number of halogens is 1. The Hall–Kier alpha value is -1.06. The van der Waals surface area contributed by atoms with E-state index in [0.29, 0.717) is 16.3 Å². The third-order valence-electron chi connectivity index (χ3n) is 4.28. The molecule has 1 saturated carbocycles. The van der Waals surface area contributed by atoms with Gasteiger partial charge in [0.05, 0.1) is 16.2 Å². The van der Waals surface area contributed by atoms with Crippen molar-refractivity contribution in [1.29, 1.82) is 0 Å². The van der Waals surface area contributed by atoms with Crippen LogP contribution in [0.25, 0.3) is 0 Å². The summed E-state index contributed by atoms with van der Waals surface area (Å²) >= 11 is 6.03. The molecule has 0 bridgehead atoms. The summed E-state index contributed by atoms with van der Waals surface area (Å²) < 4.78 is 0. The summed E-state index contributed by atoms with van der Waals surface area (Å²) in [5.41, 5.74) is 6.54. The Morgan fingerprint density at radius 2 is 2.26 bits per heavy atom. The molecule has 1 heterocycles. The number of nitrogen functional groups attached to an aromatic ring is 1. The highest BCUT2D eigenvalue weighted by Gasteiger charge is 2.44. The molecule has 0 spiro atoms. The van der Waals surface area contributed by atoms with Crippen LogP contribution in [0.3, 0.4) is 0 Å². The van der Waals surface area contributed by atoms with Crippen molar-refractivity contribution in [1.82, 2.24) is 5.32 Å². The van der Waals surface area contributed by atoms with Crippen molar-refractivity contribution in [2.24, 2.45) is 5.92 Å². The first kappa shape index (κ1) is 12.9. The topological polar surface area (TPSA) is 55.1 Å². The van der Waals surface area contributed by atoms with Gasteiger partial charge in [0.15, 0.2) is 5.78 Å². The Bertz CT molecular complexity index is 505. The molecular formula is C15H19ClN2O. The van der Waals surface area contributed by atoms with Crippen molar-refractivity contribution in [3.63, 3.8) is 0 Å². The molecule has 2 aliphatic rings. The third-order valence-corrected chi connectivity index (χ3v) is 4.60. The molecule has 0 radical (unpaired) electrons. The van der Waals surface area contributed by atoms with Gasteiger partial charge < -0.3 is 11.1 Å². The van der Waals surface area contributed by atoms with Gasteiger partial charge in [0, 0.05) is 5.56 Å². The molecule has 4 heteroatoms. The van der Waals surface area contributed by atoms with E-state index in [1.54, 1.807) is 18.2 Å². The van der Waals surface area contributed by atoms with Crippen LogP contribution in [-0.2, 0) is 0 Å². The number of carbonyl (C=O) groups is 1. The molecule has 1 saturated heterocycles. The van der Waals surface area contributed by atoms with E-state index < -0.39 is 0 Å². The maximum Gasteiger partial charge on any atom is 0.182 e. The van der Waals surface area contributed by atoms with Crippen molar-refractivity contribution in [2.45, 2.75) is 37.6 Å². The van der Waals surface area contributed by atoms with Crippen LogP contribution in [-0.4, -0.2) is 17.9 Å². The minimum Gasteiger partial charge on any atom is -0.398 e. The number of nitrogens with one attached hydrogen (secondary N) is 1. The van der Waals surface area contributed by atoms with Crippen LogP contribution in [0.4, 0.5) is 5.69 Å². The van der Waals surface area contributed by atoms with Gasteiger partial charge in [-0.15, -0.1) is 0 Å². The highest BCUT2D eigenvalue weighted by Crippen LogP contribution is 2.41. The molecule has 3 rings (SSSR count). The van der Waals surface area contributed by atoms with Gasteiger partial charge in [-0.2, -0.15) is 0 Å². The van der Waals surface area contributed by atoms with Gasteiger partial charge in [0.2, 0.25) is 0 Å². The monoisotopic (exact) mass is 278 g/mol. The lowest BCUT2D eigenvalue weighted by atomic mass is 9.83. The number of hydrogen-bond donors (Lipinski definition) is 2. The van der Waals surface area contributed by atoms with Crippen LogP contribution in [0.5, 0.6) is 0 Å². The summed E-state index contributed by atoms with van der Waals surface area (Å²) in [6.45, 7) is 0.932. The second-order valence-electron chi connectivity index (χ2n) is 5.83. The Labute approximate surface area is 118 Å². The number of Topliss-reactive ketones (excluding diaryl/α,β-unsaturated/α-hetero) is 1. The first-order valence-corrected chi connectivity index (χ1v) is 7.33. The number of anilines is 1. The summed E-state index contributed by atoms with van der Waals surface area (Å²) in [5, 5.41) is 3.91. The molecule has 1 aromatic rings. The molecule has 1 aliphatic heterocycles. The summed E-state index contributed by atoms with van der Waals surface area (Å²) in [7, 11) is 0. The second kappa shape index (κ2) is 4.80. The van der Waals surface area contributed by atoms with Gasteiger partial charge in [0.25, 0.3) is 0 Å². The van der Waals surface area contributed by atoms with Crippen LogP contribution in [0, 0.1) is 5.92 Å². The normalized spacial score (nSPS) is 26.6. The SMILES string of the molecule is Nc1ccc(C(=O)C2(CC3CC3)CCCN2)cc1Cl. The van der Waals surface area contributed by atoms with Crippen molar-refractivity contribution in [2.75, 3.05) is 12.3 Å². The molecule has 0 amide bonds. The van der Waals surface area contributed by atoms with Crippen molar-refractivity contribution in [3.8, 4) is 0 Å². The quantitative estimate of drug-likeness (QED) is 0.657. The van der Waals surface area contributed by atoms with Crippen LogP contribution in [0.2, 0.25) is 5.02 Å². The minimum absolute atomic E-state index is 0.179. The highest BCUT2D eigenvalue weighted by atomic mass is 35.5. The maximum absolute atomic E-state index is 12.8. The Balaban J connectivity index is 1.88. The molecule has 1 unspecified atom stereocenters. The fraction of sp³-hybridized carbons (Fsp3) is 0.533. The molecule has 0 aromatic heterocycles. The van der Waals surface area contributed by atoms with Gasteiger partial charge >= 0.3 is 0 Å². The van der Waals surface area contributed by atoms with Gasteiger partial charge in [-0.1, -0.05) is 24.4 Å². The molecular weight excluding hydrogens is 260 g/mol. The maximum atomic E-state index is 12.8. The lowest BCUT2D eigenvalue weighted by Crippen LogP contribution is -2.48. The van der Waals surface area contributed by atoms with Crippen LogP contribution in [0.1, 0.15) is 42.5 Å². The molecule has 1 aromatic carbocycles. The second-order valence-corrected chi connectivity index (χ2v) is 6.23. The zero-order chi connectivity index (χ0) is 13.5. The van der Waals surface area contributed by atoms with E-state index in [4.69, 9.17) is 17.3 Å². The van der Waals surface area contributed by atoms with E-state index in [9.17, 15) is 4.79 Å². The van der Waals surface area contributed by atoms with E-state index in [2.05, 4.69) is 5.32 Å². The Kier molecular flexibility index (Phi) is 3.27. The van der Waals surface area contributed by atoms with E-state index in [-0.39, 0.29) is 11.3 Å². The number of ketones is 1. The third kappa shape index (κ3) is 2.49. The zero-order valence-corrected chi connectivity index (χ0v) is 11.7. The standard InChI is InChI=1S/C15H19ClN2O/c16-12-8-11(4-5-13(12)17)14(19)15(6-1-7-18-15)9-10-2-3-10/h4-5,8,10,18H,1-3,6-7,9,17H2. The van der Waals surface area contributed by atoms with Gasteiger partial charge in [0.1, 0.15) is 0 Å². The largest absolute Gasteiger partial charge is 0.398 e. The van der Waals surface area contributed by atoms with E-state index in [0.717, 1.165) is 31.7 Å². The fourth-order valence-electron chi connectivity index (χ4n) is 3.03. The van der Waals surface area contributed by atoms with E-state index >= 15 is 0 Å². The van der Waals surface area contributed by atoms with Crippen molar-refractivity contribution >= 4 is 23.1 Å². The fourth-order valence-corrected chi connectivity index (χ4v) is 3.21. The number of carbonyl (C=O) groups excluding carboxylic acids is 1. The Morgan fingerprint density at radius 3 is 2.84 bits per heavy atom. The summed E-state index contributed by atoms with van der Waals surface area (Å²) in [6.07, 6.45) is 5.50. The lowest BCUT2D eigenvalue weighted by molar-refractivity contribution is 0.0852. The van der Waals surface area contributed by atoms with Crippen molar-refractivity contribution in [3.05, 3.63) is 28.8 Å². The van der Waals surface area contributed by atoms with Gasteiger partial charge in [-0.05, 0) is 49.9 Å². The molecule has 102 valence electrons. The van der Waals surface area contributed by atoms with Gasteiger partial charge in [-0.25, -0.2) is 0 Å². The molecule has 3 N–H and O–H groups in total. The lowest BCUT2D eigenvalue weighted by Gasteiger charge is -2.28. The smallest absolute Gasteiger partial charge is 0.182 e. The van der Waals surface area contributed by atoms with Gasteiger partial charge in [-0.3, -0.25) is 4.79 Å². The van der Waals surface area contributed by atoms with Crippen LogP contribution >= 0.6 is 11.6 Å². The number of hydrogen-bond acceptors (Lipinski definition) is 3. The van der Waals surface area contributed by atoms with Crippen LogP contribution in [0.15, 0.2) is 18.2 Å². The Morgan fingerprint density at radius 1 is 1.47 bits per heavy atom. The predicted octanol–water partition coefficient (Wildman–Crippen LogP) is 3.03. The van der Waals surface area contributed by atoms with Crippen molar-refractivity contribution < 1.29 is 4.79 Å². The first-order valence-electron chi connectivity index (χ1n) is 6.96. The first-order chi connectivity index (χ1) is 9.11. The number of benzene rings is 1. The average molecular weight is 279 g/mol. The number of rotatable bonds is 4. The minimum atomic E-state index is -0.361. The molecule has 1 aliphatic carbocycles. The zero-order valence-electron chi connectivity index (χ0n) is 10.9. The molecule has 1 atom stereocenters. The van der Waals surface area contributed by atoms with E-state index in [1.165, 1.54) is 12.8 Å². The van der Waals surface area contributed by atoms with E-state index in [1.807, 2.05) is 0 Å². The predicted molar refractivity (Wildman–Crippen MR) is 77.5 cm³/mol. The molecule has 2 fully saturated rings. The molecule has 19 heavy (non-hydrogen) atoms. The average Bonchev–Trinajstić information content (AvgIpc) is 3.07. The number of nitrogens with two attached hydrogens (primary N) is 1. The molecule has 3 nitrogen and oxygen atoms in total.